The van der Waals surface area contributed by atoms with E-state index >= 15 is 0 Å². The summed E-state index contributed by atoms with van der Waals surface area (Å²) in [5.41, 5.74) is 1.50. The van der Waals surface area contributed by atoms with Gasteiger partial charge in [0.15, 0.2) is 9.84 Å². The molecule has 0 saturated heterocycles. The fourth-order valence-electron chi connectivity index (χ4n) is 1.64. The molecule has 0 unspecified atom stereocenters. The van der Waals surface area contributed by atoms with Crippen LogP contribution >= 0.6 is 0 Å². The number of nitriles is 1. The highest BCUT2D eigenvalue weighted by Crippen LogP contribution is 2.18. The van der Waals surface area contributed by atoms with Crippen LogP contribution in [-0.2, 0) is 16.4 Å². The number of rotatable bonds is 4. The molecule has 20 heavy (non-hydrogen) atoms. The molecule has 5 heteroatoms. The first-order valence-corrected chi connectivity index (χ1v) is 7.80. The van der Waals surface area contributed by atoms with Gasteiger partial charge in [-0.05, 0) is 35.9 Å². The summed E-state index contributed by atoms with van der Waals surface area (Å²) in [6.45, 7) is 0.318. The van der Waals surface area contributed by atoms with Crippen LogP contribution in [0.15, 0.2) is 53.4 Å². The molecular formula is C15H13NO3S. The molecule has 0 aliphatic rings. The van der Waals surface area contributed by atoms with Crippen LogP contribution in [0.1, 0.15) is 11.1 Å². The minimum Gasteiger partial charge on any atom is -0.489 e. The molecular weight excluding hydrogens is 274 g/mol. The van der Waals surface area contributed by atoms with Crippen LogP contribution in [-0.4, -0.2) is 14.7 Å². The smallest absolute Gasteiger partial charge is 0.175 e. The predicted molar refractivity (Wildman–Crippen MR) is 75.0 cm³/mol. The Bertz CT molecular complexity index is 743. The summed E-state index contributed by atoms with van der Waals surface area (Å²) >= 11 is 0. The van der Waals surface area contributed by atoms with E-state index in [4.69, 9.17) is 10.00 Å². The van der Waals surface area contributed by atoms with Crippen molar-refractivity contribution in [2.45, 2.75) is 11.5 Å². The molecule has 2 rings (SSSR count). The van der Waals surface area contributed by atoms with Gasteiger partial charge in [-0.1, -0.05) is 18.2 Å². The van der Waals surface area contributed by atoms with Crippen LogP contribution in [0.3, 0.4) is 0 Å². The molecule has 0 fully saturated rings. The second-order valence-electron chi connectivity index (χ2n) is 4.34. The first-order valence-electron chi connectivity index (χ1n) is 5.91. The normalized spacial score (nSPS) is 10.8. The lowest BCUT2D eigenvalue weighted by Gasteiger charge is -2.07. The van der Waals surface area contributed by atoms with Gasteiger partial charge in [-0.25, -0.2) is 8.42 Å². The Kier molecular flexibility index (Phi) is 4.06. The molecule has 0 amide bonds. The average molecular weight is 287 g/mol. The lowest BCUT2D eigenvalue weighted by atomic mass is 10.2. The van der Waals surface area contributed by atoms with Gasteiger partial charge in [-0.15, -0.1) is 0 Å². The van der Waals surface area contributed by atoms with Gasteiger partial charge >= 0.3 is 0 Å². The summed E-state index contributed by atoms with van der Waals surface area (Å²) < 4.78 is 28.4. The van der Waals surface area contributed by atoms with E-state index in [0.717, 1.165) is 11.8 Å². The summed E-state index contributed by atoms with van der Waals surface area (Å²) in [5, 5.41) is 8.71. The second kappa shape index (κ2) is 5.76. The van der Waals surface area contributed by atoms with Gasteiger partial charge in [0.2, 0.25) is 0 Å². The SMILES string of the molecule is CS(=O)(=O)c1cccc(OCc2ccc(C#N)cc2)c1. The fraction of sp³-hybridized carbons (Fsp3) is 0.133. The van der Waals surface area contributed by atoms with E-state index in [1.54, 1.807) is 36.4 Å². The highest BCUT2D eigenvalue weighted by Gasteiger charge is 2.07. The van der Waals surface area contributed by atoms with Gasteiger partial charge in [0.1, 0.15) is 12.4 Å². The van der Waals surface area contributed by atoms with Crippen LogP contribution < -0.4 is 4.74 Å². The largest absolute Gasteiger partial charge is 0.489 e. The molecule has 0 spiro atoms. The highest BCUT2D eigenvalue weighted by atomic mass is 32.2. The van der Waals surface area contributed by atoms with E-state index in [2.05, 4.69) is 0 Å². The Hall–Kier alpha value is -2.32. The lowest BCUT2D eigenvalue weighted by molar-refractivity contribution is 0.305. The summed E-state index contributed by atoms with van der Waals surface area (Å²) in [4.78, 5) is 0.231. The van der Waals surface area contributed by atoms with Crippen molar-refractivity contribution in [2.24, 2.45) is 0 Å². The van der Waals surface area contributed by atoms with Gasteiger partial charge in [0.05, 0.1) is 16.5 Å². The zero-order valence-corrected chi connectivity index (χ0v) is 11.7. The van der Waals surface area contributed by atoms with Crippen molar-refractivity contribution < 1.29 is 13.2 Å². The Labute approximate surface area is 118 Å². The zero-order valence-electron chi connectivity index (χ0n) is 10.9. The maximum Gasteiger partial charge on any atom is 0.175 e. The van der Waals surface area contributed by atoms with E-state index in [1.807, 2.05) is 6.07 Å². The van der Waals surface area contributed by atoms with E-state index in [0.29, 0.717) is 17.9 Å². The van der Waals surface area contributed by atoms with Crippen molar-refractivity contribution in [1.29, 1.82) is 5.26 Å². The van der Waals surface area contributed by atoms with Crippen molar-refractivity contribution in [3.63, 3.8) is 0 Å². The zero-order chi connectivity index (χ0) is 14.6. The molecule has 102 valence electrons. The third kappa shape index (κ3) is 3.59. The number of nitrogens with zero attached hydrogens (tertiary/aromatic N) is 1. The lowest BCUT2D eigenvalue weighted by Crippen LogP contribution is -1.99. The van der Waals surface area contributed by atoms with Gasteiger partial charge in [-0.3, -0.25) is 0 Å². The van der Waals surface area contributed by atoms with Crippen molar-refractivity contribution in [2.75, 3.05) is 6.26 Å². The van der Waals surface area contributed by atoms with E-state index in [1.165, 1.54) is 12.1 Å². The molecule has 4 nitrogen and oxygen atoms in total. The molecule has 0 bridgehead atoms. The first kappa shape index (κ1) is 14.1. The van der Waals surface area contributed by atoms with Crippen LogP contribution in [0.25, 0.3) is 0 Å². The van der Waals surface area contributed by atoms with E-state index < -0.39 is 9.84 Å². The van der Waals surface area contributed by atoms with Crippen molar-refractivity contribution in [1.82, 2.24) is 0 Å². The minimum atomic E-state index is -3.23. The molecule has 0 aliphatic heterocycles. The van der Waals surface area contributed by atoms with Gasteiger partial charge in [-0.2, -0.15) is 5.26 Å². The second-order valence-corrected chi connectivity index (χ2v) is 6.36. The van der Waals surface area contributed by atoms with Crippen LogP contribution in [0.5, 0.6) is 5.75 Å². The highest BCUT2D eigenvalue weighted by molar-refractivity contribution is 7.90. The quantitative estimate of drug-likeness (QED) is 0.866. The first-order chi connectivity index (χ1) is 9.49. The molecule has 0 aromatic heterocycles. The summed E-state index contributed by atoms with van der Waals surface area (Å²) in [6, 6.07) is 15.5. The fourth-order valence-corrected chi connectivity index (χ4v) is 2.29. The van der Waals surface area contributed by atoms with Gasteiger partial charge in [0.25, 0.3) is 0 Å². The maximum absolute atomic E-state index is 11.4. The Balaban J connectivity index is 2.09. The van der Waals surface area contributed by atoms with Crippen molar-refractivity contribution in [3.8, 4) is 11.8 Å². The molecule has 2 aromatic rings. The van der Waals surface area contributed by atoms with Crippen molar-refractivity contribution in [3.05, 3.63) is 59.7 Å². The third-order valence-electron chi connectivity index (χ3n) is 2.72. The van der Waals surface area contributed by atoms with E-state index in [9.17, 15) is 8.42 Å². The van der Waals surface area contributed by atoms with Crippen LogP contribution in [0.4, 0.5) is 0 Å². The molecule has 0 saturated carbocycles. The molecule has 0 radical (unpaired) electrons. The Morgan fingerprint density at radius 1 is 1.15 bits per heavy atom. The van der Waals surface area contributed by atoms with Crippen molar-refractivity contribution >= 4 is 9.84 Å². The number of hydrogen-bond acceptors (Lipinski definition) is 4. The molecule has 0 heterocycles. The number of ether oxygens (including phenoxy) is 1. The monoisotopic (exact) mass is 287 g/mol. The maximum atomic E-state index is 11.4. The number of benzene rings is 2. The van der Waals surface area contributed by atoms with Crippen LogP contribution in [0.2, 0.25) is 0 Å². The molecule has 0 aliphatic carbocycles. The van der Waals surface area contributed by atoms with Crippen LogP contribution in [0, 0.1) is 11.3 Å². The average Bonchev–Trinajstić information content (AvgIpc) is 2.45. The number of hydrogen-bond donors (Lipinski definition) is 0. The van der Waals surface area contributed by atoms with Gasteiger partial charge in [0, 0.05) is 6.26 Å². The summed E-state index contributed by atoms with van der Waals surface area (Å²) in [6.07, 6.45) is 1.16. The predicted octanol–water partition coefficient (Wildman–Crippen LogP) is 2.54. The minimum absolute atomic E-state index is 0.231. The van der Waals surface area contributed by atoms with Gasteiger partial charge < -0.3 is 4.74 Å². The Morgan fingerprint density at radius 2 is 1.85 bits per heavy atom. The molecule has 0 N–H and O–H groups in total. The number of sulfone groups is 1. The Morgan fingerprint density at radius 3 is 2.45 bits per heavy atom. The molecule has 2 aromatic carbocycles. The topological polar surface area (TPSA) is 67.2 Å². The van der Waals surface area contributed by atoms with E-state index in [-0.39, 0.29) is 4.90 Å². The summed E-state index contributed by atoms with van der Waals surface area (Å²) in [7, 11) is -3.23. The third-order valence-corrected chi connectivity index (χ3v) is 3.83. The standard InChI is InChI=1S/C15H13NO3S/c1-20(17,18)15-4-2-3-14(9-15)19-11-13-7-5-12(10-16)6-8-13/h2-9H,11H2,1H3. The molecule has 0 atom stereocenters. The summed E-state index contributed by atoms with van der Waals surface area (Å²) in [5.74, 6) is 0.497.